The predicted octanol–water partition coefficient (Wildman–Crippen LogP) is 9.03. The molecule has 0 spiro atoms. The van der Waals surface area contributed by atoms with E-state index >= 15 is 0 Å². The minimum Gasteiger partial charge on any atom is -0.309 e. The summed E-state index contributed by atoms with van der Waals surface area (Å²) in [4.78, 5) is 2.22. The van der Waals surface area contributed by atoms with Crippen molar-refractivity contribution < 1.29 is 0 Å². The highest BCUT2D eigenvalue weighted by Gasteiger charge is 2.25. The summed E-state index contributed by atoms with van der Waals surface area (Å²) in [6, 6.07) is 17.5. The van der Waals surface area contributed by atoms with E-state index in [9.17, 15) is 0 Å². The number of allylic oxidation sites excluding steroid dienone is 3. The molecule has 1 unspecified atom stereocenters. The Kier molecular flexibility index (Phi) is 6.46. The normalized spacial score (nSPS) is 17.8. The Bertz CT molecular complexity index is 894. The minimum atomic E-state index is 0.108. The molecule has 3 heteroatoms. The molecular weight excluding hydrogens is 409 g/mol. The van der Waals surface area contributed by atoms with E-state index in [0.717, 1.165) is 28.5 Å². The zero-order valence-electron chi connectivity index (χ0n) is 19.2. The zero-order chi connectivity index (χ0) is 22.3. The van der Waals surface area contributed by atoms with Gasteiger partial charge in [0.15, 0.2) is 0 Å². The van der Waals surface area contributed by atoms with Gasteiger partial charge in [-0.1, -0.05) is 102 Å². The van der Waals surface area contributed by atoms with Crippen molar-refractivity contribution >= 4 is 34.6 Å². The zero-order valence-corrected chi connectivity index (χ0v) is 20.7. The van der Waals surface area contributed by atoms with Gasteiger partial charge in [-0.25, -0.2) is 0 Å². The van der Waals surface area contributed by atoms with E-state index in [4.69, 9.17) is 23.2 Å². The van der Waals surface area contributed by atoms with Crippen molar-refractivity contribution in [1.29, 1.82) is 0 Å². The van der Waals surface area contributed by atoms with Crippen LogP contribution < -0.4 is 4.90 Å². The summed E-state index contributed by atoms with van der Waals surface area (Å²) in [7, 11) is 0. The minimum absolute atomic E-state index is 0.108. The van der Waals surface area contributed by atoms with Crippen molar-refractivity contribution in [3.63, 3.8) is 0 Å². The van der Waals surface area contributed by atoms with Gasteiger partial charge in [-0.3, -0.25) is 0 Å². The molecule has 160 valence electrons. The predicted molar refractivity (Wildman–Crippen MR) is 133 cm³/mol. The molecule has 2 aromatic rings. The van der Waals surface area contributed by atoms with Crippen molar-refractivity contribution in [2.45, 2.75) is 65.7 Å². The number of nitrogens with zero attached hydrogens (tertiary/aromatic N) is 1. The first-order chi connectivity index (χ1) is 13.9. The molecule has 0 bridgehead atoms. The Hall–Kier alpha value is -1.70. The number of rotatable bonds is 3. The van der Waals surface area contributed by atoms with Gasteiger partial charge in [-0.2, -0.15) is 0 Å². The van der Waals surface area contributed by atoms with Crippen molar-refractivity contribution in [3.8, 4) is 0 Å². The fourth-order valence-electron chi connectivity index (χ4n) is 3.73. The maximum atomic E-state index is 6.74. The summed E-state index contributed by atoms with van der Waals surface area (Å²) in [6.45, 7) is 15.6. The molecule has 0 saturated heterocycles. The molecule has 3 rings (SSSR count). The molecule has 0 aromatic heterocycles. The average Bonchev–Trinajstić information content (AvgIpc) is 2.65. The molecule has 1 aliphatic rings. The molecule has 0 N–H and O–H groups in total. The Morgan fingerprint density at radius 3 is 1.50 bits per heavy atom. The summed E-state index contributed by atoms with van der Waals surface area (Å²) in [6.07, 6.45) is 3.01. The first-order valence-corrected chi connectivity index (χ1v) is 11.4. The maximum Gasteiger partial charge on any atom is 0.0788 e. The molecule has 0 saturated carbocycles. The summed E-state index contributed by atoms with van der Waals surface area (Å²) in [5.41, 5.74) is 5.94. The second-order valence-corrected chi connectivity index (χ2v) is 11.2. The van der Waals surface area contributed by atoms with Crippen molar-refractivity contribution in [2.75, 3.05) is 4.90 Å². The fraction of sp³-hybridized carbons (Fsp3) is 0.407. The Balaban J connectivity index is 2.13. The van der Waals surface area contributed by atoms with Gasteiger partial charge in [0.1, 0.15) is 0 Å². The van der Waals surface area contributed by atoms with Crippen molar-refractivity contribution in [1.82, 2.24) is 0 Å². The van der Waals surface area contributed by atoms with Crippen LogP contribution in [-0.2, 0) is 10.8 Å². The third-order valence-corrected chi connectivity index (χ3v) is 6.49. The van der Waals surface area contributed by atoms with Crippen molar-refractivity contribution in [3.05, 3.63) is 81.5 Å². The van der Waals surface area contributed by atoms with Crippen LogP contribution >= 0.6 is 23.2 Å². The number of anilines is 2. The van der Waals surface area contributed by atoms with Crippen LogP contribution in [0.3, 0.4) is 0 Å². The van der Waals surface area contributed by atoms with E-state index in [2.05, 4.69) is 108 Å². The number of benzene rings is 2. The van der Waals surface area contributed by atoms with Crippen LogP contribution in [-0.4, -0.2) is 0 Å². The molecule has 0 radical (unpaired) electrons. The van der Waals surface area contributed by atoms with E-state index in [1.165, 1.54) is 11.1 Å². The van der Waals surface area contributed by atoms with Crippen molar-refractivity contribution in [2.24, 2.45) is 5.92 Å². The Labute approximate surface area is 192 Å². The largest absolute Gasteiger partial charge is 0.309 e. The summed E-state index contributed by atoms with van der Waals surface area (Å²) >= 11 is 13.3. The topological polar surface area (TPSA) is 3.24 Å². The lowest BCUT2D eigenvalue weighted by Gasteiger charge is -2.32. The second kappa shape index (κ2) is 8.44. The smallest absolute Gasteiger partial charge is 0.0788 e. The van der Waals surface area contributed by atoms with E-state index in [0.29, 0.717) is 11.0 Å². The highest BCUT2D eigenvalue weighted by molar-refractivity contribution is 6.41. The van der Waals surface area contributed by atoms with Crippen LogP contribution in [0.15, 0.2) is 70.4 Å². The fourth-order valence-corrected chi connectivity index (χ4v) is 4.30. The quantitative estimate of drug-likeness (QED) is 0.458. The summed E-state index contributed by atoms with van der Waals surface area (Å²) in [5, 5.41) is 1.36. The second-order valence-electron chi connectivity index (χ2n) is 10.4. The van der Waals surface area contributed by atoms with Gasteiger partial charge >= 0.3 is 0 Å². The van der Waals surface area contributed by atoms with Gasteiger partial charge < -0.3 is 4.90 Å². The number of halogens is 2. The molecule has 0 aliphatic heterocycles. The monoisotopic (exact) mass is 441 g/mol. The van der Waals surface area contributed by atoms with Crippen LogP contribution in [0.5, 0.6) is 0 Å². The Morgan fingerprint density at radius 1 is 0.733 bits per heavy atom. The Morgan fingerprint density at radius 2 is 1.13 bits per heavy atom. The van der Waals surface area contributed by atoms with Gasteiger partial charge in [-0.05, 0) is 58.6 Å². The molecular formula is C27H33Cl2N. The molecule has 2 aromatic carbocycles. The van der Waals surface area contributed by atoms with E-state index in [-0.39, 0.29) is 10.8 Å². The first-order valence-electron chi connectivity index (χ1n) is 10.7. The third kappa shape index (κ3) is 4.95. The van der Waals surface area contributed by atoms with E-state index in [1.54, 1.807) is 0 Å². The van der Waals surface area contributed by atoms with Gasteiger partial charge in [-0.15, -0.1) is 0 Å². The van der Waals surface area contributed by atoms with Crippen LogP contribution in [0.4, 0.5) is 11.4 Å². The van der Waals surface area contributed by atoms with Gasteiger partial charge in [0.2, 0.25) is 0 Å². The first kappa shape index (κ1) is 23.0. The third-order valence-electron chi connectivity index (χ3n) is 5.63. The van der Waals surface area contributed by atoms with Gasteiger partial charge in [0, 0.05) is 16.4 Å². The van der Waals surface area contributed by atoms with Gasteiger partial charge in [0.05, 0.1) is 10.7 Å². The molecule has 1 nitrogen and oxygen atoms in total. The lowest BCUT2D eigenvalue weighted by Crippen LogP contribution is -2.21. The van der Waals surface area contributed by atoms with Crippen LogP contribution in [0.2, 0.25) is 0 Å². The van der Waals surface area contributed by atoms with E-state index in [1.807, 2.05) is 0 Å². The van der Waals surface area contributed by atoms with E-state index < -0.39 is 0 Å². The standard InChI is InChI=1S/C27H33Cl2N/c1-18-16-23(28)25(29)24(17-18)30(21-12-8-19(9-13-21)26(2,3)4)22-14-10-20(11-15-22)27(5,6)7/h8-15,17-18H,16H2,1-7H3. The molecule has 0 heterocycles. The summed E-state index contributed by atoms with van der Waals surface area (Å²) in [5.74, 6) is 0.334. The molecule has 30 heavy (non-hydrogen) atoms. The van der Waals surface area contributed by atoms with Gasteiger partial charge in [0.25, 0.3) is 0 Å². The highest BCUT2D eigenvalue weighted by atomic mass is 35.5. The molecule has 0 amide bonds. The molecule has 0 fully saturated rings. The van der Waals surface area contributed by atoms with Crippen LogP contribution in [0.1, 0.15) is 66.0 Å². The highest BCUT2D eigenvalue weighted by Crippen LogP contribution is 2.42. The summed E-state index contributed by atoms with van der Waals surface area (Å²) < 4.78 is 0. The number of hydrogen-bond donors (Lipinski definition) is 0. The van der Waals surface area contributed by atoms with Crippen LogP contribution in [0, 0.1) is 5.92 Å². The lowest BCUT2D eigenvalue weighted by atomic mass is 9.86. The lowest BCUT2D eigenvalue weighted by molar-refractivity contribution is 0.590. The SMILES string of the molecule is CC1C=C(N(c2ccc(C(C)(C)C)cc2)c2ccc(C(C)(C)C)cc2)C(Cl)=C(Cl)C1. The molecule has 1 aliphatic carbocycles. The van der Waals surface area contributed by atoms with Crippen LogP contribution in [0.25, 0.3) is 0 Å². The number of hydrogen-bond acceptors (Lipinski definition) is 1. The maximum absolute atomic E-state index is 6.74. The average molecular weight is 442 g/mol. The molecule has 1 atom stereocenters.